The van der Waals surface area contributed by atoms with Gasteiger partial charge in [0.05, 0.1) is 6.61 Å². The number of aromatic amines is 1. The summed E-state index contributed by atoms with van der Waals surface area (Å²) in [6, 6.07) is 0. The first-order chi connectivity index (χ1) is 5.24. The number of thiazole rings is 1. The van der Waals surface area contributed by atoms with Crippen LogP contribution in [0.1, 0.15) is 16.6 Å². The topological polar surface area (TPSA) is 59.2 Å². The van der Waals surface area contributed by atoms with Gasteiger partial charge in [-0.15, -0.1) is 0 Å². The zero-order valence-corrected chi connectivity index (χ0v) is 6.73. The summed E-state index contributed by atoms with van der Waals surface area (Å²) in [6.07, 6.45) is 1.35. The highest BCUT2D eigenvalue weighted by Crippen LogP contribution is 2.02. The van der Waals surface area contributed by atoms with Gasteiger partial charge in [0.25, 0.3) is 0 Å². The number of carbonyl (C=O) groups excluding carboxylic acids is 1. The molecule has 5 heteroatoms. The fourth-order valence-corrected chi connectivity index (χ4v) is 1.16. The Morgan fingerprint density at radius 1 is 1.82 bits per heavy atom. The molecule has 0 unspecified atom stereocenters. The van der Waals surface area contributed by atoms with E-state index < -0.39 is 5.97 Å². The Balaban J connectivity index is 2.76. The van der Waals surface area contributed by atoms with Crippen molar-refractivity contribution in [3.05, 3.63) is 20.7 Å². The summed E-state index contributed by atoms with van der Waals surface area (Å²) in [5.41, 5.74) is 0. The molecule has 0 saturated carbocycles. The second-order valence-corrected chi connectivity index (χ2v) is 2.78. The fourth-order valence-electron chi connectivity index (χ4n) is 0.586. The number of carbonyl (C=O) groups is 1. The maximum atomic E-state index is 10.9. The minimum atomic E-state index is -0.448. The highest BCUT2D eigenvalue weighted by atomic mass is 32.1. The molecule has 0 amide bonds. The van der Waals surface area contributed by atoms with Crippen molar-refractivity contribution in [1.29, 1.82) is 0 Å². The molecule has 0 aromatic carbocycles. The van der Waals surface area contributed by atoms with Gasteiger partial charge >= 0.3 is 10.8 Å². The van der Waals surface area contributed by atoms with Crippen molar-refractivity contribution in [3.63, 3.8) is 0 Å². The Hall–Kier alpha value is -1.10. The van der Waals surface area contributed by atoms with Gasteiger partial charge in [0.2, 0.25) is 0 Å². The third-order valence-corrected chi connectivity index (χ3v) is 1.81. The molecule has 1 aromatic heterocycles. The van der Waals surface area contributed by atoms with E-state index in [0.717, 1.165) is 11.3 Å². The number of nitrogens with one attached hydrogen (secondary N) is 1. The van der Waals surface area contributed by atoms with E-state index >= 15 is 0 Å². The van der Waals surface area contributed by atoms with Crippen LogP contribution in [-0.2, 0) is 4.74 Å². The van der Waals surface area contributed by atoms with Gasteiger partial charge in [-0.1, -0.05) is 11.3 Å². The molecule has 60 valence electrons. The molecule has 0 aliphatic heterocycles. The molecule has 0 fully saturated rings. The van der Waals surface area contributed by atoms with Crippen molar-refractivity contribution in [2.24, 2.45) is 0 Å². The molecule has 11 heavy (non-hydrogen) atoms. The Labute approximate surface area is 66.8 Å². The molecule has 0 aliphatic rings. The van der Waals surface area contributed by atoms with Crippen molar-refractivity contribution in [1.82, 2.24) is 4.98 Å². The molecule has 1 rings (SSSR count). The van der Waals surface area contributed by atoms with E-state index in [1.54, 1.807) is 6.92 Å². The summed E-state index contributed by atoms with van der Waals surface area (Å²) in [4.78, 5) is 23.9. The normalized spacial score (nSPS) is 9.55. The molecule has 0 radical (unpaired) electrons. The van der Waals surface area contributed by atoms with E-state index in [1.165, 1.54) is 6.20 Å². The number of esters is 1. The minimum Gasteiger partial charge on any atom is -0.462 e. The lowest BCUT2D eigenvalue weighted by Crippen LogP contribution is -2.01. The average Bonchev–Trinajstić information content (AvgIpc) is 2.36. The molecule has 0 atom stereocenters. The first-order valence-corrected chi connectivity index (χ1v) is 3.91. The molecule has 4 nitrogen and oxygen atoms in total. The maximum absolute atomic E-state index is 10.9. The number of H-pyrrole nitrogens is 1. The van der Waals surface area contributed by atoms with Gasteiger partial charge < -0.3 is 9.72 Å². The number of hydrogen-bond donors (Lipinski definition) is 1. The molecule has 1 heterocycles. The van der Waals surface area contributed by atoms with Crippen LogP contribution in [0.2, 0.25) is 0 Å². The van der Waals surface area contributed by atoms with Gasteiger partial charge in [0.1, 0.15) is 4.88 Å². The van der Waals surface area contributed by atoms with Crippen LogP contribution in [0.4, 0.5) is 0 Å². The van der Waals surface area contributed by atoms with E-state index in [0.29, 0.717) is 11.5 Å². The Morgan fingerprint density at radius 3 is 3.00 bits per heavy atom. The van der Waals surface area contributed by atoms with Gasteiger partial charge in [-0.25, -0.2) is 4.79 Å². The first-order valence-electron chi connectivity index (χ1n) is 3.09. The summed E-state index contributed by atoms with van der Waals surface area (Å²) >= 11 is 0.850. The Kier molecular flexibility index (Phi) is 2.43. The summed E-state index contributed by atoms with van der Waals surface area (Å²) in [5, 5.41) is 0. The van der Waals surface area contributed by atoms with Crippen LogP contribution in [0, 0.1) is 0 Å². The zero-order valence-electron chi connectivity index (χ0n) is 5.92. The predicted octanol–water partition coefficient (Wildman–Crippen LogP) is 0.613. The highest BCUT2D eigenvalue weighted by Gasteiger charge is 2.07. The molecule has 1 aromatic rings. The van der Waals surface area contributed by atoms with Gasteiger partial charge in [-0.05, 0) is 6.92 Å². The van der Waals surface area contributed by atoms with Crippen LogP contribution in [0.25, 0.3) is 0 Å². The number of aromatic nitrogens is 1. The van der Waals surface area contributed by atoms with E-state index in [1.807, 2.05) is 0 Å². The van der Waals surface area contributed by atoms with Gasteiger partial charge in [0.15, 0.2) is 0 Å². The van der Waals surface area contributed by atoms with Gasteiger partial charge in [0, 0.05) is 6.20 Å². The smallest absolute Gasteiger partial charge is 0.349 e. The molecular formula is C6H7NO3S. The third-order valence-electron chi connectivity index (χ3n) is 1.00. The standard InChI is InChI=1S/C6H7NO3S/c1-2-10-5(8)4-3-7-6(9)11-4/h3H,2H2,1H3,(H,7,9). The van der Waals surface area contributed by atoms with Crippen molar-refractivity contribution in [2.45, 2.75) is 6.92 Å². The zero-order chi connectivity index (χ0) is 8.27. The largest absolute Gasteiger partial charge is 0.462 e. The predicted molar refractivity (Wildman–Crippen MR) is 40.9 cm³/mol. The lowest BCUT2D eigenvalue weighted by molar-refractivity contribution is 0.0532. The van der Waals surface area contributed by atoms with Crippen molar-refractivity contribution >= 4 is 17.3 Å². The number of ether oxygens (including phenoxy) is 1. The number of rotatable bonds is 2. The second-order valence-electron chi connectivity index (χ2n) is 1.76. The third kappa shape index (κ3) is 1.91. The van der Waals surface area contributed by atoms with Gasteiger partial charge in [-0.2, -0.15) is 0 Å². The minimum absolute atomic E-state index is 0.243. The van der Waals surface area contributed by atoms with E-state index in [2.05, 4.69) is 9.72 Å². The van der Waals surface area contributed by atoms with Crippen LogP contribution < -0.4 is 4.87 Å². The van der Waals surface area contributed by atoms with Crippen LogP contribution >= 0.6 is 11.3 Å². The second kappa shape index (κ2) is 3.34. The maximum Gasteiger partial charge on any atom is 0.349 e. The fraction of sp³-hybridized carbons (Fsp3) is 0.333. The summed E-state index contributed by atoms with van der Waals surface area (Å²) in [6.45, 7) is 2.04. The summed E-state index contributed by atoms with van der Waals surface area (Å²) in [5.74, 6) is -0.448. The highest BCUT2D eigenvalue weighted by molar-refractivity contribution is 7.11. The number of hydrogen-bond acceptors (Lipinski definition) is 4. The molecular weight excluding hydrogens is 166 g/mol. The average molecular weight is 173 g/mol. The Bertz CT molecular complexity index is 301. The van der Waals surface area contributed by atoms with Gasteiger partial charge in [-0.3, -0.25) is 4.79 Å². The summed E-state index contributed by atoms with van der Waals surface area (Å²) in [7, 11) is 0. The van der Waals surface area contributed by atoms with Crippen LogP contribution in [0.5, 0.6) is 0 Å². The molecule has 0 saturated heterocycles. The van der Waals surface area contributed by atoms with Crippen molar-refractivity contribution < 1.29 is 9.53 Å². The van der Waals surface area contributed by atoms with Crippen LogP contribution in [-0.4, -0.2) is 17.6 Å². The summed E-state index contributed by atoms with van der Waals surface area (Å²) < 4.78 is 4.65. The van der Waals surface area contributed by atoms with Crippen LogP contribution in [0.15, 0.2) is 11.0 Å². The van der Waals surface area contributed by atoms with Crippen molar-refractivity contribution in [3.8, 4) is 0 Å². The van der Waals surface area contributed by atoms with E-state index in [9.17, 15) is 9.59 Å². The molecule has 0 aliphatic carbocycles. The lowest BCUT2D eigenvalue weighted by atomic mass is 10.6. The molecule has 0 bridgehead atoms. The first kappa shape index (κ1) is 8.00. The lowest BCUT2D eigenvalue weighted by Gasteiger charge is -1.94. The molecule has 1 N–H and O–H groups in total. The Morgan fingerprint density at radius 2 is 2.55 bits per heavy atom. The van der Waals surface area contributed by atoms with E-state index in [-0.39, 0.29) is 4.87 Å². The molecule has 0 spiro atoms. The quantitative estimate of drug-likeness (QED) is 0.667. The monoisotopic (exact) mass is 173 g/mol. The SMILES string of the molecule is CCOC(=O)c1c[nH]c(=O)s1. The van der Waals surface area contributed by atoms with Crippen molar-refractivity contribution in [2.75, 3.05) is 6.61 Å². The van der Waals surface area contributed by atoms with Crippen LogP contribution in [0.3, 0.4) is 0 Å². The van der Waals surface area contributed by atoms with E-state index in [4.69, 9.17) is 0 Å².